The lowest BCUT2D eigenvalue weighted by Gasteiger charge is -2.48. The van der Waals surface area contributed by atoms with Crippen molar-refractivity contribution in [3.05, 3.63) is 24.3 Å². The van der Waals surface area contributed by atoms with Crippen LogP contribution in [-0.2, 0) is 9.84 Å². The molecule has 0 radical (unpaired) electrons. The fourth-order valence-corrected chi connectivity index (χ4v) is 3.91. The maximum atomic E-state index is 12.1. The molecule has 0 atom stereocenters. The number of para-hydroxylation sites is 1. The van der Waals surface area contributed by atoms with Crippen molar-refractivity contribution >= 4 is 15.5 Å². The van der Waals surface area contributed by atoms with Gasteiger partial charge in [-0.2, -0.15) is 0 Å². The van der Waals surface area contributed by atoms with Crippen LogP contribution < -0.4 is 4.90 Å². The van der Waals surface area contributed by atoms with E-state index in [1.807, 2.05) is 17.0 Å². The number of sulfone groups is 1. The summed E-state index contributed by atoms with van der Waals surface area (Å²) >= 11 is 0. The van der Waals surface area contributed by atoms with Gasteiger partial charge in [-0.15, -0.1) is 0 Å². The summed E-state index contributed by atoms with van der Waals surface area (Å²) in [6.45, 7) is 2.75. The summed E-state index contributed by atoms with van der Waals surface area (Å²) < 4.78 is 24.2. The van der Waals surface area contributed by atoms with Crippen molar-refractivity contribution in [2.45, 2.75) is 30.3 Å². The third-order valence-electron chi connectivity index (χ3n) is 4.19. The molecule has 3 rings (SSSR count). The van der Waals surface area contributed by atoms with E-state index in [2.05, 4.69) is 0 Å². The molecule has 1 N–H and O–H groups in total. The molecule has 1 saturated heterocycles. The normalized spacial score (nSPS) is 22.1. The minimum atomic E-state index is -3.22. The molecule has 1 saturated carbocycles. The van der Waals surface area contributed by atoms with Gasteiger partial charge < -0.3 is 10.0 Å². The highest BCUT2D eigenvalue weighted by atomic mass is 32.2. The second-order valence-electron chi connectivity index (χ2n) is 5.61. The summed E-state index contributed by atoms with van der Waals surface area (Å²) in [5.74, 6) is 0.517. The first kappa shape index (κ1) is 12.9. The third-order valence-corrected chi connectivity index (χ3v) is 5.96. The Morgan fingerprint density at radius 1 is 1.32 bits per heavy atom. The molecule has 1 aromatic rings. The van der Waals surface area contributed by atoms with Crippen molar-refractivity contribution < 1.29 is 13.5 Å². The lowest BCUT2D eigenvalue weighted by molar-refractivity contribution is -0.00958. The van der Waals surface area contributed by atoms with Crippen molar-refractivity contribution in [3.63, 3.8) is 0 Å². The highest BCUT2D eigenvalue weighted by molar-refractivity contribution is 7.91. The van der Waals surface area contributed by atoms with Crippen molar-refractivity contribution in [2.75, 3.05) is 23.7 Å². The molecule has 1 aliphatic carbocycles. The Kier molecular flexibility index (Phi) is 2.87. The van der Waals surface area contributed by atoms with E-state index in [1.54, 1.807) is 19.1 Å². The van der Waals surface area contributed by atoms with Crippen LogP contribution in [0.15, 0.2) is 29.2 Å². The number of benzene rings is 1. The molecule has 4 nitrogen and oxygen atoms in total. The fourth-order valence-electron chi connectivity index (χ4n) is 2.80. The van der Waals surface area contributed by atoms with E-state index < -0.39 is 15.4 Å². The lowest BCUT2D eigenvalue weighted by Crippen LogP contribution is -2.63. The van der Waals surface area contributed by atoms with Crippen molar-refractivity contribution in [1.82, 2.24) is 0 Å². The predicted molar refractivity (Wildman–Crippen MR) is 74.1 cm³/mol. The molecule has 0 spiro atoms. The van der Waals surface area contributed by atoms with Crippen LogP contribution in [0.1, 0.15) is 19.8 Å². The minimum Gasteiger partial charge on any atom is -0.386 e. The van der Waals surface area contributed by atoms with Crippen LogP contribution >= 0.6 is 0 Å². The number of hydrogen-bond acceptors (Lipinski definition) is 4. The lowest BCUT2D eigenvalue weighted by atomic mass is 9.88. The SMILES string of the molecule is CCS(=O)(=O)c1ccccc1N1CC(O)(C2CC2)C1. The summed E-state index contributed by atoms with van der Waals surface area (Å²) in [4.78, 5) is 2.36. The largest absolute Gasteiger partial charge is 0.386 e. The van der Waals surface area contributed by atoms with Gasteiger partial charge >= 0.3 is 0 Å². The molecule has 0 aromatic heterocycles. The Balaban J connectivity index is 1.87. The average molecular weight is 281 g/mol. The van der Waals surface area contributed by atoms with Crippen LogP contribution in [0.5, 0.6) is 0 Å². The monoisotopic (exact) mass is 281 g/mol. The number of aliphatic hydroxyl groups is 1. The van der Waals surface area contributed by atoms with Crippen LogP contribution in [0.25, 0.3) is 0 Å². The molecule has 0 bridgehead atoms. The second-order valence-corrected chi connectivity index (χ2v) is 7.85. The summed E-state index contributed by atoms with van der Waals surface area (Å²) in [7, 11) is -3.22. The molecule has 1 aromatic carbocycles. The molecule has 2 aliphatic rings. The van der Waals surface area contributed by atoms with Gasteiger partial charge in [-0.05, 0) is 30.9 Å². The molecule has 19 heavy (non-hydrogen) atoms. The highest BCUT2D eigenvalue weighted by Gasteiger charge is 2.52. The van der Waals surface area contributed by atoms with Crippen molar-refractivity contribution in [1.29, 1.82) is 0 Å². The van der Waals surface area contributed by atoms with Crippen molar-refractivity contribution in [3.8, 4) is 0 Å². The van der Waals surface area contributed by atoms with Crippen molar-refractivity contribution in [2.24, 2.45) is 5.92 Å². The maximum absolute atomic E-state index is 12.1. The second kappa shape index (κ2) is 4.21. The quantitative estimate of drug-likeness (QED) is 0.907. The molecule has 0 unspecified atom stereocenters. The molecule has 1 aliphatic heterocycles. The average Bonchev–Trinajstić information content (AvgIpc) is 3.19. The van der Waals surface area contributed by atoms with E-state index in [4.69, 9.17) is 0 Å². The van der Waals surface area contributed by atoms with E-state index in [0.29, 0.717) is 23.9 Å². The van der Waals surface area contributed by atoms with Crippen LogP contribution in [0.4, 0.5) is 5.69 Å². The Morgan fingerprint density at radius 3 is 2.53 bits per heavy atom. The Labute approximate surface area is 114 Å². The van der Waals surface area contributed by atoms with E-state index in [1.165, 1.54) is 0 Å². The molecule has 104 valence electrons. The van der Waals surface area contributed by atoms with Gasteiger partial charge in [0.05, 0.1) is 16.3 Å². The summed E-state index contributed by atoms with van der Waals surface area (Å²) in [5.41, 5.74) is 0.137. The Hall–Kier alpha value is -1.07. The molecule has 0 amide bonds. The zero-order valence-electron chi connectivity index (χ0n) is 11.0. The van der Waals surface area contributed by atoms with Crippen LogP contribution in [0.3, 0.4) is 0 Å². The fraction of sp³-hybridized carbons (Fsp3) is 0.571. The predicted octanol–water partition coefficient (Wildman–Crippen LogP) is 1.44. The molecule has 1 heterocycles. The molecule has 2 fully saturated rings. The van der Waals surface area contributed by atoms with E-state index in [-0.39, 0.29) is 5.75 Å². The van der Waals surface area contributed by atoms with Gasteiger partial charge in [0.1, 0.15) is 5.60 Å². The van der Waals surface area contributed by atoms with Crippen LogP contribution in [0, 0.1) is 5.92 Å². The van der Waals surface area contributed by atoms with Gasteiger partial charge in [-0.25, -0.2) is 8.42 Å². The summed E-state index contributed by atoms with van der Waals surface area (Å²) in [6, 6.07) is 7.08. The van der Waals surface area contributed by atoms with Gasteiger partial charge in [0.2, 0.25) is 0 Å². The maximum Gasteiger partial charge on any atom is 0.180 e. The van der Waals surface area contributed by atoms with E-state index in [9.17, 15) is 13.5 Å². The molecule has 5 heteroatoms. The van der Waals surface area contributed by atoms with Crippen LogP contribution in [0.2, 0.25) is 0 Å². The van der Waals surface area contributed by atoms with Gasteiger partial charge in [0.15, 0.2) is 9.84 Å². The zero-order chi connectivity index (χ0) is 13.7. The Morgan fingerprint density at radius 2 is 1.95 bits per heavy atom. The van der Waals surface area contributed by atoms with Gasteiger partial charge in [-0.1, -0.05) is 19.1 Å². The third kappa shape index (κ3) is 2.15. The topological polar surface area (TPSA) is 57.6 Å². The highest BCUT2D eigenvalue weighted by Crippen LogP contribution is 2.46. The first-order valence-corrected chi connectivity index (χ1v) is 8.40. The zero-order valence-corrected chi connectivity index (χ0v) is 11.9. The minimum absolute atomic E-state index is 0.102. The number of anilines is 1. The first-order chi connectivity index (χ1) is 8.96. The van der Waals surface area contributed by atoms with E-state index in [0.717, 1.165) is 18.5 Å². The first-order valence-electron chi connectivity index (χ1n) is 6.75. The number of hydrogen-bond donors (Lipinski definition) is 1. The van der Waals surface area contributed by atoms with Gasteiger partial charge in [-0.3, -0.25) is 0 Å². The summed E-state index contributed by atoms with van der Waals surface area (Å²) in [5, 5.41) is 10.3. The molecular formula is C14H19NO3S. The molecular weight excluding hydrogens is 262 g/mol. The number of β-amino-alcohol motifs (C(OH)–C–C–N with tert-alkyl or cyclic N) is 1. The van der Waals surface area contributed by atoms with E-state index >= 15 is 0 Å². The number of nitrogens with zero attached hydrogens (tertiary/aromatic N) is 1. The van der Waals surface area contributed by atoms with Crippen LogP contribution in [-0.4, -0.2) is 38.0 Å². The van der Waals surface area contributed by atoms with Gasteiger partial charge in [0.25, 0.3) is 0 Å². The Bertz CT molecular complexity index is 586. The standard InChI is InChI=1S/C14H19NO3S/c1-2-19(17,18)13-6-4-3-5-12(13)15-9-14(16,10-15)11-7-8-11/h3-6,11,16H,2,7-10H2,1H3. The van der Waals surface area contributed by atoms with Gasteiger partial charge in [0, 0.05) is 13.1 Å². The number of rotatable bonds is 4. The smallest absolute Gasteiger partial charge is 0.180 e. The summed E-state index contributed by atoms with van der Waals surface area (Å²) in [6.07, 6.45) is 2.19.